The van der Waals surface area contributed by atoms with E-state index in [1.54, 1.807) is 42.5 Å². The van der Waals surface area contributed by atoms with Crippen molar-refractivity contribution in [2.75, 3.05) is 5.32 Å². The third-order valence-electron chi connectivity index (χ3n) is 3.09. The molecule has 3 aromatic rings. The predicted octanol–water partition coefficient (Wildman–Crippen LogP) is 5.32. The molecule has 0 aliphatic carbocycles. The standard InChI is InChI=1S/C17H10Cl2FN3OS/c18-11-3-7-13(8-4-11)21-15(24)17-23-22-16(25-17)14(19)9-10-1-5-12(20)6-2-10/h1-9H,(H,21,24)/b14-9-. The van der Waals surface area contributed by atoms with Gasteiger partial charge in [0, 0.05) is 10.7 Å². The Morgan fingerprint density at radius 2 is 1.68 bits per heavy atom. The number of rotatable bonds is 4. The molecule has 1 N–H and O–H groups in total. The summed E-state index contributed by atoms with van der Waals surface area (Å²) >= 11 is 13.1. The van der Waals surface area contributed by atoms with Crippen LogP contribution in [0.15, 0.2) is 48.5 Å². The van der Waals surface area contributed by atoms with Crippen molar-refractivity contribution in [3.05, 3.63) is 74.9 Å². The van der Waals surface area contributed by atoms with Crippen LogP contribution in [0, 0.1) is 5.82 Å². The Labute approximate surface area is 156 Å². The van der Waals surface area contributed by atoms with Gasteiger partial charge in [-0.05, 0) is 48.0 Å². The maximum atomic E-state index is 12.9. The number of amides is 1. The molecule has 25 heavy (non-hydrogen) atoms. The number of anilines is 1. The van der Waals surface area contributed by atoms with Crippen molar-refractivity contribution >= 4 is 57.2 Å². The summed E-state index contributed by atoms with van der Waals surface area (Å²) in [5.41, 5.74) is 1.31. The van der Waals surface area contributed by atoms with Gasteiger partial charge < -0.3 is 5.32 Å². The average Bonchev–Trinajstić information content (AvgIpc) is 3.09. The number of halogens is 3. The Balaban J connectivity index is 1.73. The molecule has 0 spiro atoms. The zero-order valence-corrected chi connectivity index (χ0v) is 14.9. The van der Waals surface area contributed by atoms with E-state index in [0.29, 0.717) is 26.3 Å². The quantitative estimate of drug-likeness (QED) is 0.652. The predicted molar refractivity (Wildman–Crippen MR) is 99.4 cm³/mol. The Bertz CT molecular complexity index is 924. The van der Waals surface area contributed by atoms with Gasteiger partial charge in [-0.15, -0.1) is 10.2 Å². The maximum absolute atomic E-state index is 12.9. The Morgan fingerprint density at radius 1 is 1.04 bits per heavy atom. The van der Waals surface area contributed by atoms with E-state index in [-0.39, 0.29) is 10.8 Å². The molecule has 0 aliphatic rings. The number of nitrogens with zero attached hydrogens (tertiary/aromatic N) is 2. The molecule has 2 aromatic carbocycles. The number of aromatic nitrogens is 2. The second kappa shape index (κ2) is 7.74. The van der Waals surface area contributed by atoms with Gasteiger partial charge in [-0.1, -0.05) is 46.7 Å². The fourth-order valence-corrected chi connectivity index (χ4v) is 2.95. The Kier molecular flexibility index (Phi) is 5.43. The Morgan fingerprint density at radius 3 is 2.36 bits per heavy atom. The van der Waals surface area contributed by atoms with Crippen molar-refractivity contribution in [3.63, 3.8) is 0 Å². The van der Waals surface area contributed by atoms with Gasteiger partial charge in [-0.3, -0.25) is 4.79 Å². The fraction of sp³-hybridized carbons (Fsp3) is 0. The lowest BCUT2D eigenvalue weighted by Crippen LogP contribution is -2.11. The van der Waals surface area contributed by atoms with Crippen LogP contribution in [0.5, 0.6) is 0 Å². The molecule has 0 bridgehead atoms. The lowest BCUT2D eigenvalue weighted by atomic mass is 10.2. The lowest BCUT2D eigenvalue weighted by molar-refractivity contribution is 0.102. The number of hydrogen-bond acceptors (Lipinski definition) is 4. The molecule has 0 saturated carbocycles. The minimum absolute atomic E-state index is 0.176. The molecule has 0 fully saturated rings. The highest BCUT2D eigenvalue weighted by atomic mass is 35.5. The molecule has 0 unspecified atom stereocenters. The van der Waals surface area contributed by atoms with Crippen LogP contribution in [0.25, 0.3) is 11.1 Å². The van der Waals surface area contributed by atoms with E-state index in [4.69, 9.17) is 23.2 Å². The number of carbonyl (C=O) groups is 1. The van der Waals surface area contributed by atoms with Crippen LogP contribution in [0.4, 0.5) is 10.1 Å². The second-order valence-electron chi connectivity index (χ2n) is 4.92. The first kappa shape index (κ1) is 17.5. The van der Waals surface area contributed by atoms with Gasteiger partial charge in [0.05, 0.1) is 5.03 Å². The average molecular weight is 394 g/mol. The molecule has 0 saturated heterocycles. The molecule has 8 heteroatoms. The van der Waals surface area contributed by atoms with E-state index in [2.05, 4.69) is 15.5 Å². The zero-order chi connectivity index (χ0) is 17.8. The van der Waals surface area contributed by atoms with Gasteiger partial charge in [0.1, 0.15) is 5.82 Å². The highest BCUT2D eigenvalue weighted by Gasteiger charge is 2.14. The molecule has 0 atom stereocenters. The van der Waals surface area contributed by atoms with Crippen LogP contribution < -0.4 is 5.32 Å². The summed E-state index contributed by atoms with van der Waals surface area (Å²) in [4.78, 5) is 12.2. The summed E-state index contributed by atoms with van der Waals surface area (Å²) in [6, 6.07) is 12.6. The van der Waals surface area contributed by atoms with Crippen LogP contribution in [-0.2, 0) is 0 Å². The van der Waals surface area contributed by atoms with E-state index in [1.807, 2.05) is 0 Å². The summed E-state index contributed by atoms with van der Waals surface area (Å²) in [7, 11) is 0. The fourth-order valence-electron chi connectivity index (χ4n) is 1.90. The molecule has 3 rings (SSSR count). The molecule has 0 radical (unpaired) electrons. The van der Waals surface area contributed by atoms with Crippen molar-refractivity contribution in [1.82, 2.24) is 10.2 Å². The van der Waals surface area contributed by atoms with E-state index in [1.165, 1.54) is 12.1 Å². The van der Waals surface area contributed by atoms with Crippen molar-refractivity contribution in [2.24, 2.45) is 0 Å². The van der Waals surface area contributed by atoms with Crippen molar-refractivity contribution in [3.8, 4) is 0 Å². The molecule has 1 amide bonds. The minimum atomic E-state index is -0.391. The largest absolute Gasteiger partial charge is 0.320 e. The zero-order valence-electron chi connectivity index (χ0n) is 12.5. The van der Waals surface area contributed by atoms with Gasteiger partial charge in [-0.25, -0.2) is 4.39 Å². The van der Waals surface area contributed by atoms with Gasteiger partial charge in [0.15, 0.2) is 5.01 Å². The van der Waals surface area contributed by atoms with E-state index < -0.39 is 5.91 Å². The summed E-state index contributed by atoms with van der Waals surface area (Å²) in [5, 5.41) is 11.9. The highest BCUT2D eigenvalue weighted by Crippen LogP contribution is 2.26. The molecular weight excluding hydrogens is 384 g/mol. The SMILES string of the molecule is O=C(Nc1ccc(Cl)cc1)c1nnc(/C(Cl)=C/c2ccc(F)cc2)s1. The summed E-state index contributed by atoms with van der Waals surface area (Å²) < 4.78 is 12.9. The maximum Gasteiger partial charge on any atom is 0.286 e. The third kappa shape index (κ3) is 4.63. The molecule has 4 nitrogen and oxygen atoms in total. The first-order valence-corrected chi connectivity index (χ1v) is 8.62. The van der Waals surface area contributed by atoms with E-state index in [9.17, 15) is 9.18 Å². The van der Waals surface area contributed by atoms with Crippen LogP contribution in [0.3, 0.4) is 0 Å². The van der Waals surface area contributed by atoms with Gasteiger partial charge in [0.25, 0.3) is 5.91 Å². The molecule has 126 valence electrons. The summed E-state index contributed by atoms with van der Waals surface area (Å²) in [6.45, 7) is 0. The number of carbonyl (C=O) groups excluding carboxylic acids is 1. The summed E-state index contributed by atoms with van der Waals surface area (Å²) in [5.74, 6) is -0.720. The number of benzene rings is 2. The monoisotopic (exact) mass is 393 g/mol. The smallest absolute Gasteiger partial charge is 0.286 e. The van der Waals surface area contributed by atoms with Crippen molar-refractivity contribution in [2.45, 2.75) is 0 Å². The van der Waals surface area contributed by atoms with Gasteiger partial charge >= 0.3 is 0 Å². The van der Waals surface area contributed by atoms with Gasteiger partial charge in [0.2, 0.25) is 5.01 Å². The number of nitrogens with one attached hydrogen (secondary N) is 1. The van der Waals surface area contributed by atoms with E-state index in [0.717, 1.165) is 11.3 Å². The second-order valence-corrected chi connectivity index (χ2v) is 6.74. The topological polar surface area (TPSA) is 54.9 Å². The van der Waals surface area contributed by atoms with Crippen molar-refractivity contribution < 1.29 is 9.18 Å². The Hall–Kier alpha value is -2.28. The van der Waals surface area contributed by atoms with Gasteiger partial charge in [-0.2, -0.15) is 0 Å². The molecule has 1 heterocycles. The van der Waals surface area contributed by atoms with Crippen LogP contribution in [0.1, 0.15) is 20.4 Å². The number of hydrogen-bond donors (Lipinski definition) is 1. The first-order valence-electron chi connectivity index (χ1n) is 7.05. The third-order valence-corrected chi connectivity index (χ3v) is 4.70. The lowest BCUT2D eigenvalue weighted by Gasteiger charge is -2.01. The normalized spacial score (nSPS) is 11.4. The molecular formula is C17H10Cl2FN3OS. The van der Waals surface area contributed by atoms with Crippen LogP contribution >= 0.6 is 34.5 Å². The van der Waals surface area contributed by atoms with E-state index >= 15 is 0 Å². The van der Waals surface area contributed by atoms with Crippen molar-refractivity contribution in [1.29, 1.82) is 0 Å². The first-order chi connectivity index (χ1) is 12.0. The highest BCUT2D eigenvalue weighted by molar-refractivity contribution is 7.15. The molecule has 1 aromatic heterocycles. The van der Waals surface area contributed by atoms with Crippen LogP contribution in [-0.4, -0.2) is 16.1 Å². The molecule has 0 aliphatic heterocycles. The van der Waals surface area contributed by atoms with Crippen LogP contribution in [0.2, 0.25) is 5.02 Å². The minimum Gasteiger partial charge on any atom is -0.320 e. The summed E-state index contributed by atoms with van der Waals surface area (Å²) in [6.07, 6.45) is 1.63.